The fourth-order valence-electron chi connectivity index (χ4n) is 3.79. The second-order valence-electron chi connectivity index (χ2n) is 8.13. The molecule has 132 valence electrons. The van der Waals surface area contributed by atoms with Gasteiger partial charge in [-0.05, 0) is 49.0 Å². The molecule has 1 aliphatic heterocycles. The van der Waals surface area contributed by atoms with E-state index < -0.39 is 0 Å². The predicted octanol–water partition coefficient (Wildman–Crippen LogP) is 3.81. The number of hydrogen-bond acceptors (Lipinski definition) is 3. The van der Waals surface area contributed by atoms with Crippen molar-refractivity contribution in [1.82, 2.24) is 19.7 Å². The molecule has 0 unspecified atom stereocenters. The van der Waals surface area contributed by atoms with Crippen molar-refractivity contribution in [1.29, 1.82) is 0 Å². The summed E-state index contributed by atoms with van der Waals surface area (Å²) in [6.07, 6.45) is 5.47. The van der Waals surface area contributed by atoms with E-state index in [1.807, 2.05) is 0 Å². The zero-order chi connectivity index (χ0) is 17.9. The van der Waals surface area contributed by atoms with Gasteiger partial charge in [-0.1, -0.05) is 32.9 Å². The first-order chi connectivity index (χ1) is 11.9. The molecule has 0 aliphatic carbocycles. The van der Waals surface area contributed by atoms with Crippen molar-refractivity contribution in [2.45, 2.75) is 40.2 Å². The number of rotatable bonds is 4. The Morgan fingerprint density at radius 3 is 2.36 bits per heavy atom. The Hall–Kier alpha value is -2.19. The lowest BCUT2D eigenvalue weighted by Gasteiger charge is -2.46. The Bertz CT molecular complexity index is 711. The zero-order valence-corrected chi connectivity index (χ0v) is 15.4. The maximum absolute atomic E-state index is 7.35. The Morgan fingerprint density at radius 2 is 1.84 bits per heavy atom. The molecule has 0 atom stereocenters. The van der Waals surface area contributed by atoms with Gasteiger partial charge in [-0.2, -0.15) is 5.10 Å². The van der Waals surface area contributed by atoms with Gasteiger partial charge in [-0.3, -0.25) is 4.90 Å². The minimum absolute atomic E-state index is 0.155. The van der Waals surface area contributed by atoms with Gasteiger partial charge in [0.15, 0.2) is 0 Å². The standard InChI is InChI=1S/C20H27N5/c1-19(2,3)20(14-21-4)9-11-24(12-10-20)13-17-5-7-18(8-6-17)25-16-22-15-23-25/h5-8,15-16H,9-14H2,1-3H3. The van der Waals surface area contributed by atoms with Crippen LogP contribution in [0.2, 0.25) is 0 Å². The largest absolute Gasteiger partial charge is 0.316 e. The van der Waals surface area contributed by atoms with Crippen LogP contribution in [0.25, 0.3) is 10.5 Å². The third-order valence-corrected chi connectivity index (χ3v) is 5.81. The Morgan fingerprint density at radius 1 is 1.16 bits per heavy atom. The summed E-state index contributed by atoms with van der Waals surface area (Å²) in [5.74, 6) is 0. The Labute approximate surface area is 150 Å². The molecule has 2 heterocycles. The molecule has 1 aromatic heterocycles. The summed E-state index contributed by atoms with van der Waals surface area (Å²) in [6.45, 7) is 18.0. The van der Waals surface area contributed by atoms with Crippen LogP contribution in [0, 0.1) is 17.4 Å². The van der Waals surface area contributed by atoms with Gasteiger partial charge in [0.2, 0.25) is 6.54 Å². The number of likely N-dealkylation sites (tertiary alicyclic amines) is 1. The summed E-state index contributed by atoms with van der Waals surface area (Å²) in [4.78, 5) is 10.3. The predicted molar refractivity (Wildman–Crippen MR) is 99.2 cm³/mol. The van der Waals surface area contributed by atoms with Gasteiger partial charge < -0.3 is 4.85 Å². The first-order valence-electron chi connectivity index (χ1n) is 8.93. The van der Waals surface area contributed by atoms with E-state index in [9.17, 15) is 0 Å². The average molecular weight is 337 g/mol. The highest BCUT2D eigenvalue weighted by atomic mass is 15.3. The minimum Gasteiger partial charge on any atom is -0.316 e. The molecule has 5 nitrogen and oxygen atoms in total. The van der Waals surface area contributed by atoms with E-state index >= 15 is 0 Å². The molecular formula is C20H27N5. The van der Waals surface area contributed by atoms with Gasteiger partial charge in [0.1, 0.15) is 12.7 Å². The fraction of sp³-hybridized carbons (Fsp3) is 0.550. The lowest BCUT2D eigenvalue weighted by molar-refractivity contribution is 0.0173. The van der Waals surface area contributed by atoms with E-state index in [0.29, 0.717) is 6.54 Å². The van der Waals surface area contributed by atoms with Gasteiger partial charge in [-0.15, -0.1) is 0 Å². The average Bonchev–Trinajstić information content (AvgIpc) is 3.11. The van der Waals surface area contributed by atoms with Crippen molar-refractivity contribution >= 4 is 0 Å². The first-order valence-corrected chi connectivity index (χ1v) is 8.93. The summed E-state index contributed by atoms with van der Waals surface area (Å²) < 4.78 is 1.77. The molecule has 0 radical (unpaired) electrons. The van der Waals surface area contributed by atoms with E-state index in [1.165, 1.54) is 5.56 Å². The minimum atomic E-state index is 0.155. The number of aromatic nitrogens is 3. The van der Waals surface area contributed by atoms with Crippen molar-refractivity contribution in [3.63, 3.8) is 0 Å². The third kappa shape index (κ3) is 3.74. The Kier molecular flexibility index (Phi) is 4.91. The van der Waals surface area contributed by atoms with Crippen LogP contribution in [0.3, 0.4) is 0 Å². The van der Waals surface area contributed by atoms with Crippen LogP contribution in [0.15, 0.2) is 36.9 Å². The summed E-state index contributed by atoms with van der Waals surface area (Å²) >= 11 is 0. The van der Waals surface area contributed by atoms with Crippen LogP contribution in [0.5, 0.6) is 0 Å². The fourth-order valence-corrected chi connectivity index (χ4v) is 3.79. The summed E-state index contributed by atoms with van der Waals surface area (Å²) in [6, 6.07) is 8.52. The van der Waals surface area contributed by atoms with E-state index in [4.69, 9.17) is 6.57 Å². The first kappa shape index (κ1) is 17.6. The maximum atomic E-state index is 7.35. The lowest BCUT2D eigenvalue weighted by Crippen LogP contribution is -2.47. The normalized spacial score (nSPS) is 18.0. The van der Waals surface area contributed by atoms with Gasteiger partial charge in [0.05, 0.1) is 5.69 Å². The van der Waals surface area contributed by atoms with E-state index in [-0.39, 0.29) is 10.8 Å². The van der Waals surface area contributed by atoms with E-state index in [2.05, 4.69) is 64.9 Å². The molecule has 25 heavy (non-hydrogen) atoms. The molecule has 1 fully saturated rings. The highest BCUT2D eigenvalue weighted by Crippen LogP contribution is 2.47. The second-order valence-corrected chi connectivity index (χ2v) is 8.13. The van der Waals surface area contributed by atoms with Gasteiger partial charge >= 0.3 is 0 Å². The molecule has 0 N–H and O–H groups in total. The summed E-state index contributed by atoms with van der Waals surface area (Å²) in [5, 5.41) is 4.16. The SMILES string of the molecule is [C-]#[N+]CC1(C(C)(C)C)CCN(Cc2ccc(-n3cncn3)cc2)CC1. The molecule has 0 amide bonds. The van der Waals surface area contributed by atoms with Crippen molar-refractivity contribution in [3.8, 4) is 5.69 Å². The molecule has 0 spiro atoms. The van der Waals surface area contributed by atoms with Crippen molar-refractivity contribution in [2.24, 2.45) is 10.8 Å². The molecule has 5 heteroatoms. The molecule has 3 rings (SSSR count). The van der Waals surface area contributed by atoms with Crippen LogP contribution in [0.4, 0.5) is 0 Å². The molecule has 0 bridgehead atoms. The van der Waals surface area contributed by atoms with Crippen LogP contribution in [-0.4, -0.2) is 39.3 Å². The number of nitrogens with zero attached hydrogens (tertiary/aromatic N) is 5. The van der Waals surface area contributed by atoms with Crippen LogP contribution in [-0.2, 0) is 6.54 Å². The highest BCUT2D eigenvalue weighted by molar-refractivity contribution is 5.33. The van der Waals surface area contributed by atoms with Gasteiger partial charge in [0.25, 0.3) is 0 Å². The molecule has 0 saturated carbocycles. The zero-order valence-electron chi connectivity index (χ0n) is 15.4. The smallest absolute Gasteiger partial charge is 0.220 e. The molecule has 1 aliphatic rings. The highest BCUT2D eigenvalue weighted by Gasteiger charge is 2.46. The molecule has 1 saturated heterocycles. The van der Waals surface area contributed by atoms with Crippen molar-refractivity contribution < 1.29 is 0 Å². The van der Waals surface area contributed by atoms with Crippen LogP contribution >= 0.6 is 0 Å². The summed E-state index contributed by atoms with van der Waals surface area (Å²) in [7, 11) is 0. The van der Waals surface area contributed by atoms with Gasteiger partial charge in [0, 0.05) is 12.0 Å². The molecule has 1 aromatic carbocycles. The van der Waals surface area contributed by atoms with Gasteiger partial charge in [-0.25, -0.2) is 16.2 Å². The Balaban J connectivity index is 1.61. The summed E-state index contributed by atoms with van der Waals surface area (Å²) in [5.41, 5.74) is 2.69. The quantitative estimate of drug-likeness (QED) is 0.796. The topological polar surface area (TPSA) is 38.3 Å². The lowest BCUT2D eigenvalue weighted by atomic mass is 9.61. The molecule has 2 aromatic rings. The van der Waals surface area contributed by atoms with Crippen LogP contribution < -0.4 is 0 Å². The van der Waals surface area contributed by atoms with Crippen molar-refractivity contribution in [2.75, 3.05) is 19.6 Å². The monoisotopic (exact) mass is 337 g/mol. The van der Waals surface area contributed by atoms with E-state index in [0.717, 1.165) is 38.2 Å². The number of benzene rings is 1. The van der Waals surface area contributed by atoms with Crippen LogP contribution in [0.1, 0.15) is 39.2 Å². The van der Waals surface area contributed by atoms with Crippen molar-refractivity contribution in [3.05, 3.63) is 53.9 Å². The number of piperidine rings is 1. The second kappa shape index (κ2) is 6.97. The maximum Gasteiger partial charge on any atom is 0.220 e. The van der Waals surface area contributed by atoms with E-state index in [1.54, 1.807) is 17.3 Å². The molecular weight excluding hydrogens is 310 g/mol. The third-order valence-electron chi connectivity index (χ3n) is 5.81. The number of hydrogen-bond donors (Lipinski definition) is 0.